The van der Waals surface area contributed by atoms with Gasteiger partial charge >= 0.3 is 5.91 Å². The van der Waals surface area contributed by atoms with Crippen LogP contribution in [0.1, 0.15) is 42.5 Å². The third-order valence-electron chi connectivity index (χ3n) is 6.51. The van der Waals surface area contributed by atoms with E-state index in [1.54, 1.807) is 42.5 Å². The Kier molecular flexibility index (Phi) is 9.75. The Morgan fingerprint density at radius 1 is 1.00 bits per heavy atom. The zero-order valence-corrected chi connectivity index (χ0v) is 26.1. The summed E-state index contributed by atoms with van der Waals surface area (Å²) in [7, 11) is 0. The number of thioether (sulfide) groups is 1. The number of hydrogen-bond acceptors (Lipinski definition) is 8. The van der Waals surface area contributed by atoms with Gasteiger partial charge in [-0.25, -0.2) is 0 Å². The van der Waals surface area contributed by atoms with E-state index < -0.39 is 17.7 Å². The molecule has 3 aromatic carbocycles. The van der Waals surface area contributed by atoms with Crippen LogP contribution in [0.25, 0.3) is 5.76 Å². The van der Waals surface area contributed by atoms with E-state index in [2.05, 4.69) is 17.1 Å². The summed E-state index contributed by atoms with van der Waals surface area (Å²) in [5, 5.41) is 21.3. The number of halogens is 3. The van der Waals surface area contributed by atoms with Crippen LogP contribution in [0.4, 0.5) is 5.13 Å². The fourth-order valence-corrected chi connectivity index (χ4v) is 6.80. The molecule has 1 amide bonds. The number of Topliss-reactive ketones (excluding diaryl/α,β-unsaturated/α-hetero) is 1. The first kappa shape index (κ1) is 30.4. The lowest BCUT2D eigenvalue weighted by molar-refractivity contribution is -0.132. The van der Waals surface area contributed by atoms with Gasteiger partial charge in [0.1, 0.15) is 11.5 Å². The Hall–Kier alpha value is -3.08. The number of aliphatic hydroxyl groups excluding tert-OH is 1. The van der Waals surface area contributed by atoms with Crippen molar-refractivity contribution in [3.8, 4) is 5.75 Å². The van der Waals surface area contributed by atoms with Crippen LogP contribution in [0.5, 0.6) is 5.75 Å². The summed E-state index contributed by atoms with van der Waals surface area (Å²) in [5.41, 5.74) is 1.66. The van der Waals surface area contributed by atoms with Crippen LogP contribution in [-0.2, 0) is 15.3 Å². The normalized spacial score (nSPS) is 16.3. The van der Waals surface area contributed by atoms with Crippen molar-refractivity contribution in [2.75, 3.05) is 11.5 Å². The summed E-state index contributed by atoms with van der Waals surface area (Å²) >= 11 is 21.4. The van der Waals surface area contributed by atoms with Crippen LogP contribution in [0.15, 0.2) is 76.6 Å². The molecule has 1 saturated heterocycles. The summed E-state index contributed by atoms with van der Waals surface area (Å²) in [4.78, 5) is 28.2. The molecule has 0 bridgehead atoms. The second-order valence-corrected chi connectivity index (χ2v) is 12.7. The minimum atomic E-state index is -1.02. The highest BCUT2D eigenvalue weighted by atomic mass is 35.5. The summed E-state index contributed by atoms with van der Waals surface area (Å²) in [6.45, 7) is 2.65. The summed E-state index contributed by atoms with van der Waals surface area (Å²) < 4.78 is 6.30. The van der Waals surface area contributed by atoms with Crippen LogP contribution >= 0.6 is 57.9 Å². The molecule has 42 heavy (non-hydrogen) atoms. The van der Waals surface area contributed by atoms with E-state index in [4.69, 9.17) is 39.5 Å². The predicted octanol–water partition coefficient (Wildman–Crippen LogP) is 8.60. The average molecular weight is 661 g/mol. The van der Waals surface area contributed by atoms with Gasteiger partial charge < -0.3 is 9.84 Å². The summed E-state index contributed by atoms with van der Waals surface area (Å²) in [6, 6.07) is 18.0. The Morgan fingerprint density at radius 2 is 1.76 bits per heavy atom. The minimum Gasteiger partial charge on any atom is -0.507 e. The molecule has 7 nitrogen and oxygen atoms in total. The summed E-state index contributed by atoms with van der Waals surface area (Å²) in [6.07, 6.45) is 1.92. The first-order valence-corrected chi connectivity index (χ1v) is 15.9. The van der Waals surface area contributed by atoms with Crippen molar-refractivity contribution in [3.05, 3.63) is 104 Å². The highest BCUT2D eigenvalue weighted by molar-refractivity contribution is 8.00. The van der Waals surface area contributed by atoms with Crippen molar-refractivity contribution in [3.63, 3.8) is 0 Å². The topological polar surface area (TPSA) is 92.6 Å². The number of carbonyl (C=O) groups excluding carboxylic acids is 2. The predicted molar refractivity (Wildman–Crippen MR) is 169 cm³/mol. The lowest BCUT2D eigenvalue weighted by Gasteiger charge is -2.23. The van der Waals surface area contributed by atoms with Crippen molar-refractivity contribution in [2.45, 2.75) is 35.9 Å². The van der Waals surface area contributed by atoms with Crippen molar-refractivity contribution in [2.24, 2.45) is 0 Å². The van der Waals surface area contributed by atoms with Crippen molar-refractivity contribution in [1.29, 1.82) is 0 Å². The number of nitrogens with zero attached hydrogens (tertiary/aromatic N) is 3. The number of aromatic nitrogens is 2. The molecule has 12 heteroatoms. The smallest absolute Gasteiger partial charge is 0.301 e. The molecule has 0 aliphatic carbocycles. The fourth-order valence-electron chi connectivity index (χ4n) is 4.34. The quantitative estimate of drug-likeness (QED) is 0.0455. The minimum absolute atomic E-state index is 0.0986. The number of amides is 1. The molecule has 1 aliphatic heterocycles. The van der Waals surface area contributed by atoms with Gasteiger partial charge in [-0.3, -0.25) is 14.5 Å². The number of unbranched alkanes of at least 4 members (excludes halogenated alkanes) is 1. The number of hydrogen-bond donors (Lipinski definition) is 1. The highest BCUT2D eigenvalue weighted by Crippen LogP contribution is 2.45. The first-order chi connectivity index (χ1) is 20.3. The molecular formula is C30H24Cl3N3O4S2. The average Bonchev–Trinajstić information content (AvgIpc) is 3.56. The molecule has 1 aliphatic rings. The fraction of sp³-hybridized carbons (Fsp3) is 0.200. The maximum absolute atomic E-state index is 13.5. The number of carbonyl (C=O) groups is 2. The Morgan fingerprint density at radius 3 is 2.48 bits per heavy atom. The molecule has 1 N–H and O–H groups in total. The summed E-state index contributed by atoms with van der Waals surface area (Å²) in [5.74, 6) is -0.845. The van der Waals surface area contributed by atoms with Gasteiger partial charge in [0.2, 0.25) is 5.13 Å². The van der Waals surface area contributed by atoms with Gasteiger partial charge in [-0.2, -0.15) is 0 Å². The second-order valence-electron chi connectivity index (χ2n) is 9.30. The van der Waals surface area contributed by atoms with Crippen molar-refractivity contribution >= 4 is 80.5 Å². The van der Waals surface area contributed by atoms with Gasteiger partial charge in [0.15, 0.2) is 4.34 Å². The van der Waals surface area contributed by atoms with Crippen LogP contribution in [0, 0.1) is 0 Å². The van der Waals surface area contributed by atoms with Crippen LogP contribution in [0.2, 0.25) is 15.1 Å². The van der Waals surface area contributed by atoms with Gasteiger partial charge in [0.05, 0.1) is 28.3 Å². The molecular weight excluding hydrogens is 637 g/mol. The maximum Gasteiger partial charge on any atom is 0.301 e. The lowest BCUT2D eigenvalue weighted by Crippen LogP contribution is -2.29. The molecule has 216 valence electrons. The molecule has 5 rings (SSSR count). The standard InChI is InChI=1S/C30H24Cl3N3O4S2/c1-2-3-14-40-20-11-8-17(9-12-20)26(37)24-25(18-10-13-22(32)23(33)15-18)36(28(39)27(24)38)29-34-35-30(42-29)41-16-19-6-4-5-7-21(19)31/h4-13,15,25,37H,2-3,14,16H2,1H3. The molecule has 1 atom stereocenters. The van der Waals surface area contributed by atoms with Gasteiger partial charge in [0.25, 0.3) is 5.78 Å². The SMILES string of the molecule is CCCCOc1ccc(C(O)=C2C(=O)C(=O)N(c3nnc(SCc4ccccc4Cl)s3)C2c2ccc(Cl)c(Cl)c2)cc1. The Labute approximate surface area is 266 Å². The van der Waals surface area contributed by atoms with Crippen molar-refractivity contribution < 1.29 is 19.4 Å². The number of aliphatic hydroxyl groups is 1. The molecule has 0 spiro atoms. The van der Waals surface area contributed by atoms with Gasteiger partial charge in [-0.15, -0.1) is 10.2 Å². The first-order valence-electron chi connectivity index (χ1n) is 13.0. The number of rotatable bonds is 10. The Bertz CT molecular complexity index is 1660. The molecule has 2 heterocycles. The van der Waals surface area contributed by atoms with Gasteiger partial charge in [0, 0.05) is 16.3 Å². The van der Waals surface area contributed by atoms with E-state index >= 15 is 0 Å². The van der Waals surface area contributed by atoms with Crippen LogP contribution in [0.3, 0.4) is 0 Å². The van der Waals surface area contributed by atoms with Gasteiger partial charge in [-0.1, -0.05) is 95.5 Å². The number of ether oxygens (including phenoxy) is 1. The van der Waals surface area contributed by atoms with Crippen LogP contribution in [-0.4, -0.2) is 33.6 Å². The third-order valence-corrected chi connectivity index (χ3v) is 9.72. The van der Waals surface area contributed by atoms with E-state index in [0.29, 0.717) is 43.6 Å². The molecule has 1 unspecified atom stereocenters. The second kappa shape index (κ2) is 13.5. The number of ketones is 1. The van der Waals surface area contributed by atoms with Gasteiger partial charge in [-0.05, 0) is 60.0 Å². The van der Waals surface area contributed by atoms with E-state index in [1.165, 1.54) is 16.7 Å². The van der Waals surface area contributed by atoms with Crippen LogP contribution < -0.4 is 9.64 Å². The largest absolute Gasteiger partial charge is 0.507 e. The van der Waals surface area contributed by atoms with E-state index in [1.807, 2.05) is 24.3 Å². The molecule has 0 saturated carbocycles. The van der Waals surface area contributed by atoms with E-state index in [9.17, 15) is 14.7 Å². The molecule has 1 fully saturated rings. The molecule has 4 aromatic rings. The monoisotopic (exact) mass is 659 g/mol. The Balaban J connectivity index is 1.51. The van der Waals surface area contributed by atoms with Crippen molar-refractivity contribution in [1.82, 2.24) is 10.2 Å². The third kappa shape index (κ3) is 6.45. The number of benzene rings is 3. The van der Waals surface area contributed by atoms with E-state index in [0.717, 1.165) is 29.7 Å². The molecule has 0 radical (unpaired) electrons. The zero-order chi connectivity index (χ0) is 29.8. The van der Waals surface area contributed by atoms with E-state index in [-0.39, 0.29) is 21.5 Å². The number of anilines is 1. The highest BCUT2D eigenvalue weighted by Gasteiger charge is 2.48. The molecule has 1 aromatic heterocycles. The zero-order valence-electron chi connectivity index (χ0n) is 22.2. The maximum atomic E-state index is 13.5. The lowest BCUT2D eigenvalue weighted by atomic mass is 9.95.